The minimum atomic E-state index is -0.284. The van der Waals surface area contributed by atoms with Gasteiger partial charge in [0.25, 0.3) is 0 Å². The maximum absolute atomic E-state index is 12.6. The summed E-state index contributed by atoms with van der Waals surface area (Å²) in [6.07, 6.45) is 5.92. The van der Waals surface area contributed by atoms with Gasteiger partial charge in [-0.2, -0.15) is 0 Å². The van der Waals surface area contributed by atoms with Crippen molar-refractivity contribution in [2.75, 3.05) is 6.54 Å². The van der Waals surface area contributed by atoms with E-state index in [0.29, 0.717) is 6.54 Å². The van der Waals surface area contributed by atoms with Gasteiger partial charge in [0.2, 0.25) is 17.7 Å². The lowest BCUT2D eigenvalue weighted by atomic mass is 9.85. The number of imide groups is 1. The molecule has 0 aromatic heterocycles. The molecule has 4 atom stereocenters. The normalized spacial score (nSPS) is 29.4. The van der Waals surface area contributed by atoms with Crippen LogP contribution in [0.25, 0.3) is 0 Å². The number of aryl methyl sites for hydroxylation is 1. The van der Waals surface area contributed by atoms with Gasteiger partial charge < -0.3 is 5.32 Å². The molecular weight excluding hydrogens is 316 g/mol. The van der Waals surface area contributed by atoms with Crippen LogP contribution in [0.3, 0.4) is 0 Å². The summed E-state index contributed by atoms with van der Waals surface area (Å²) in [5.41, 5.74) is 2.25. The van der Waals surface area contributed by atoms with E-state index >= 15 is 0 Å². The van der Waals surface area contributed by atoms with Gasteiger partial charge in [-0.1, -0.05) is 43.3 Å². The maximum Gasteiger partial charge on any atom is 0.240 e. The van der Waals surface area contributed by atoms with Crippen LogP contribution in [0.15, 0.2) is 36.4 Å². The first-order valence-corrected chi connectivity index (χ1v) is 8.97. The second kappa shape index (κ2) is 6.14. The Bertz CT molecular complexity index is 740. The van der Waals surface area contributed by atoms with Crippen molar-refractivity contribution in [2.24, 2.45) is 23.7 Å². The summed E-state index contributed by atoms with van der Waals surface area (Å²) in [5.74, 6) is -0.751. The van der Waals surface area contributed by atoms with Crippen LogP contribution >= 0.6 is 0 Å². The van der Waals surface area contributed by atoms with Crippen molar-refractivity contribution in [2.45, 2.75) is 26.3 Å². The Morgan fingerprint density at radius 2 is 1.68 bits per heavy atom. The molecule has 2 bridgehead atoms. The number of benzene rings is 1. The zero-order valence-electron chi connectivity index (χ0n) is 14.3. The van der Waals surface area contributed by atoms with Crippen molar-refractivity contribution < 1.29 is 14.4 Å². The average molecular weight is 338 g/mol. The fraction of sp³-hybridized carbons (Fsp3) is 0.450. The lowest BCUT2D eigenvalue weighted by Gasteiger charge is -2.17. The fourth-order valence-corrected chi connectivity index (χ4v) is 4.59. The number of rotatable bonds is 5. The topological polar surface area (TPSA) is 66.5 Å². The van der Waals surface area contributed by atoms with Crippen LogP contribution in [0.1, 0.15) is 24.5 Å². The molecule has 3 amide bonds. The Hall–Kier alpha value is -2.43. The smallest absolute Gasteiger partial charge is 0.240 e. The zero-order valence-corrected chi connectivity index (χ0v) is 14.3. The number of fused-ring (bicyclic) bond motifs is 5. The zero-order chi connectivity index (χ0) is 17.6. The number of allylic oxidation sites excluding steroid dienone is 2. The summed E-state index contributed by atoms with van der Waals surface area (Å²) in [4.78, 5) is 38.6. The van der Waals surface area contributed by atoms with E-state index < -0.39 is 0 Å². The highest BCUT2D eigenvalue weighted by atomic mass is 16.2. The number of likely N-dealkylation sites (tertiary alicyclic amines) is 1. The van der Waals surface area contributed by atoms with E-state index in [1.165, 1.54) is 10.5 Å². The van der Waals surface area contributed by atoms with Gasteiger partial charge in [-0.25, -0.2) is 0 Å². The molecule has 2 fully saturated rings. The van der Waals surface area contributed by atoms with E-state index in [2.05, 4.69) is 24.4 Å². The van der Waals surface area contributed by atoms with E-state index in [4.69, 9.17) is 0 Å². The van der Waals surface area contributed by atoms with E-state index in [9.17, 15) is 14.4 Å². The van der Waals surface area contributed by atoms with Gasteiger partial charge in [-0.05, 0) is 35.8 Å². The Kier molecular flexibility index (Phi) is 3.94. The fourth-order valence-electron chi connectivity index (χ4n) is 4.59. The lowest BCUT2D eigenvalue weighted by molar-refractivity contribution is -0.144. The number of hydrogen-bond donors (Lipinski definition) is 1. The highest BCUT2D eigenvalue weighted by Crippen LogP contribution is 2.52. The molecule has 0 unspecified atom stereocenters. The summed E-state index contributed by atoms with van der Waals surface area (Å²) in [7, 11) is 0. The van der Waals surface area contributed by atoms with Crippen LogP contribution in [-0.2, 0) is 27.3 Å². The quantitative estimate of drug-likeness (QED) is 0.656. The van der Waals surface area contributed by atoms with Gasteiger partial charge in [0, 0.05) is 6.54 Å². The van der Waals surface area contributed by atoms with Crippen LogP contribution in [-0.4, -0.2) is 29.2 Å². The number of amides is 3. The highest BCUT2D eigenvalue weighted by molar-refractivity contribution is 6.08. The molecule has 1 aromatic carbocycles. The Labute approximate surface area is 147 Å². The number of carbonyl (C=O) groups is 3. The maximum atomic E-state index is 12.6. The standard InChI is InChI=1S/C20H22N2O3/c1-2-12-5-3-4-6-15(12)10-21-16(23)11-22-19(24)17-13-7-8-14(9-13)18(17)20(22)25/h3-8,13-14,17-18H,2,9-11H2,1H3,(H,21,23)/t13-,14-,17-,18-/m0/s1. The Balaban J connectivity index is 1.39. The van der Waals surface area contributed by atoms with Crippen molar-refractivity contribution in [1.82, 2.24) is 10.2 Å². The van der Waals surface area contributed by atoms with Gasteiger partial charge in [0.05, 0.1) is 11.8 Å². The molecule has 0 spiro atoms. The van der Waals surface area contributed by atoms with Crippen molar-refractivity contribution >= 4 is 17.7 Å². The minimum absolute atomic E-state index is 0.168. The molecule has 5 heteroatoms. The second-order valence-electron chi connectivity index (χ2n) is 7.16. The molecule has 0 radical (unpaired) electrons. The first-order chi connectivity index (χ1) is 12.1. The summed E-state index contributed by atoms with van der Waals surface area (Å²) < 4.78 is 0. The molecule has 2 aliphatic carbocycles. The number of nitrogens with one attached hydrogen (secondary N) is 1. The number of hydrogen-bond acceptors (Lipinski definition) is 3. The first-order valence-electron chi connectivity index (χ1n) is 8.97. The van der Waals surface area contributed by atoms with Crippen LogP contribution in [0.2, 0.25) is 0 Å². The van der Waals surface area contributed by atoms with E-state index in [1.54, 1.807) is 0 Å². The molecule has 25 heavy (non-hydrogen) atoms. The molecule has 5 nitrogen and oxygen atoms in total. The summed E-state index contributed by atoms with van der Waals surface area (Å²) >= 11 is 0. The minimum Gasteiger partial charge on any atom is -0.350 e. The third-order valence-electron chi connectivity index (χ3n) is 5.84. The van der Waals surface area contributed by atoms with Crippen molar-refractivity contribution in [3.8, 4) is 0 Å². The molecule has 1 saturated heterocycles. The molecule has 1 saturated carbocycles. The molecule has 3 aliphatic rings. The number of nitrogens with zero attached hydrogens (tertiary/aromatic N) is 1. The van der Waals surface area contributed by atoms with Crippen molar-refractivity contribution in [1.29, 1.82) is 0 Å². The predicted octanol–water partition coefficient (Wildman–Crippen LogP) is 1.67. The lowest BCUT2D eigenvalue weighted by Crippen LogP contribution is -2.41. The van der Waals surface area contributed by atoms with Gasteiger partial charge in [-0.3, -0.25) is 19.3 Å². The summed E-state index contributed by atoms with van der Waals surface area (Å²) in [6, 6.07) is 7.95. The van der Waals surface area contributed by atoms with Gasteiger partial charge >= 0.3 is 0 Å². The molecule has 1 aliphatic heterocycles. The average Bonchev–Trinajstić information content (AvgIpc) is 3.30. The van der Waals surface area contributed by atoms with Gasteiger partial charge in [0.1, 0.15) is 6.54 Å². The summed E-state index contributed by atoms with van der Waals surface area (Å²) in [6.45, 7) is 2.32. The van der Waals surface area contributed by atoms with Crippen LogP contribution < -0.4 is 5.32 Å². The SMILES string of the molecule is CCc1ccccc1CNC(=O)CN1C(=O)[C@@H]2[C@@H](C1=O)[C@H]1C=C[C@H]2C1. The third-order valence-corrected chi connectivity index (χ3v) is 5.84. The first kappa shape index (κ1) is 16.1. The Morgan fingerprint density at radius 3 is 2.28 bits per heavy atom. The highest BCUT2D eigenvalue weighted by Gasteiger charge is 2.59. The second-order valence-corrected chi connectivity index (χ2v) is 7.16. The molecular formula is C20H22N2O3. The summed E-state index contributed by atoms with van der Waals surface area (Å²) in [5, 5.41) is 2.84. The van der Waals surface area contributed by atoms with Gasteiger partial charge in [0.15, 0.2) is 0 Å². The monoisotopic (exact) mass is 338 g/mol. The largest absolute Gasteiger partial charge is 0.350 e. The molecule has 130 valence electrons. The van der Waals surface area contributed by atoms with E-state index in [0.717, 1.165) is 18.4 Å². The predicted molar refractivity (Wildman–Crippen MR) is 92.1 cm³/mol. The van der Waals surface area contributed by atoms with Crippen molar-refractivity contribution in [3.63, 3.8) is 0 Å². The Morgan fingerprint density at radius 1 is 1.08 bits per heavy atom. The number of carbonyl (C=O) groups excluding carboxylic acids is 3. The third kappa shape index (κ3) is 2.58. The van der Waals surface area contributed by atoms with E-state index in [1.807, 2.05) is 24.3 Å². The van der Waals surface area contributed by atoms with Crippen LogP contribution in [0.5, 0.6) is 0 Å². The van der Waals surface area contributed by atoms with Gasteiger partial charge in [-0.15, -0.1) is 0 Å². The van der Waals surface area contributed by atoms with Crippen molar-refractivity contribution in [3.05, 3.63) is 47.5 Å². The van der Waals surface area contributed by atoms with E-state index in [-0.39, 0.29) is 47.9 Å². The van der Waals surface area contributed by atoms with Crippen LogP contribution in [0.4, 0.5) is 0 Å². The molecule has 1 aromatic rings. The van der Waals surface area contributed by atoms with Crippen LogP contribution in [0, 0.1) is 23.7 Å². The molecule has 4 rings (SSSR count). The molecule has 1 N–H and O–H groups in total. The molecule has 1 heterocycles.